The molecule has 0 aliphatic heterocycles. The highest BCUT2D eigenvalue weighted by molar-refractivity contribution is 6.83. The van der Waals surface area contributed by atoms with Gasteiger partial charge in [-0.05, 0) is 37.0 Å². The first-order valence-corrected chi connectivity index (χ1v) is 12.7. The second kappa shape index (κ2) is 7.45. The highest BCUT2D eigenvalue weighted by Gasteiger charge is 2.30. The average Bonchev–Trinajstić information content (AvgIpc) is 2.47. The molecule has 0 spiro atoms. The molecule has 0 bridgehead atoms. The van der Waals surface area contributed by atoms with E-state index >= 15 is 0 Å². The van der Waals surface area contributed by atoms with Crippen LogP contribution in [-0.4, -0.2) is 24.1 Å². The lowest BCUT2D eigenvalue weighted by atomic mass is 9.71. The number of aromatic nitrogens is 2. The van der Waals surface area contributed by atoms with Gasteiger partial charge in [0.15, 0.2) is 0 Å². The molecule has 5 heteroatoms. The second-order valence-corrected chi connectivity index (χ2v) is 14.1. The normalized spacial score (nSPS) is 21.8. The Kier molecular flexibility index (Phi) is 5.98. The Balaban J connectivity index is 2.05. The van der Waals surface area contributed by atoms with Crippen LogP contribution in [0.25, 0.3) is 0 Å². The predicted molar refractivity (Wildman–Crippen MR) is 106 cm³/mol. The van der Waals surface area contributed by atoms with Gasteiger partial charge in [-0.1, -0.05) is 57.9 Å². The number of hydrogen-bond acceptors (Lipinski definition) is 3. The summed E-state index contributed by atoms with van der Waals surface area (Å²) in [5, 5.41) is 4.08. The second-order valence-electron chi connectivity index (χ2n) is 8.94. The molecule has 3 nitrogen and oxygen atoms in total. The van der Waals surface area contributed by atoms with E-state index in [-0.39, 0.29) is 0 Å². The zero-order valence-electron chi connectivity index (χ0n) is 15.8. The molecule has 1 heterocycles. The van der Waals surface area contributed by atoms with Crippen molar-refractivity contribution >= 4 is 25.5 Å². The van der Waals surface area contributed by atoms with Crippen LogP contribution in [0.4, 0.5) is 5.82 Å². The van der Waals surface area contributed by atoms with E-state index < -0.39 is 8.07 Å². The summed E-state index contributed by atoms with van der Waals surface area (Å²) in [6.07, 6.45) is 6.40. The monoisotopic (exact) mass is 363 g/mol. The quantitative estimate of drug-likeness (QED) is 0.566. The molecule has 1 aliphatic carbocycles. The van der Waals surface area contributed by atoms with Crippen molar-refractivity contribution < 1.29 is 0 Å². The van der Waals surface area contributed by atoms with Crippen molar-refractivity contribution in [2.45, 2.75) is 72.1 Å². The van der Waals surface area contributed by atoms with Gasteiger partial charge in [0.2, 0.25) is 0 Å². The van der Waals surface area contributed by atoms with Crippen LogP contribution in [0.15, 0.2) is 6.33 Å². The maximum absolute atomic E-state index is 6.48. The van der Waals surface area contributed by atoms with E-state index in [4.69, 9.17) is 11.6 Å². The topological polar surface area (TPSA) is 37.8 Å². The number of nitrogens with zero attached hydrogens (tertiary/aromatic N) is 2. The van der Waals surface area contributed by atoms with Gasteiger partial charge in [-0.25, -0.2) is 9.97 Å². The molecule has 1 aromatic rings. The fourth-order valence-electron chi connectivity index (χ4n) is 3.10. The predicted octanol–water partition coefficient (Wildman–Crippen LogP) is 5.38. The van der Waals surface area contributed by atoms with Gasteiger partial charge in [-0.2, -0.15) is 0 Å². The van der Waals surface area contributed by atoms with Crippen LogP contribution < -0.4 is 5.32 Å². The van der Waals surface area contributed by atoms with Crippen LogP contribution >= 0.6 is 11.6 Å². The van der Waals surface area contributed by atoms with E-state index in [9.17, 15) is 0 Å². The van der Waals surface area contributed by atoms with Crippen molar-refractivity contribution in [1.82, 2.24) is 9.97 Å². The van der Waals surface area contributed by atoms with E-state index in [2.05, 4.69) is 67.2 Å². The Hall–Kier alpha value is -1.05. The Morgan fingerprint density at radius 3 is 2.29 bits per heavy atom. The van der Waals surface area contributed by atoms with Gasteiger partial charge >= 0.3 is 0 Å². The first-order chi connectivity index (χ1) is 11.1. The van der Waals surface area contributed by atoms with E-state index in [0.717, 1.165) is 24.6 Å². The maximum Gasteiger partial charge on any atom is 0.149 e. The van der Waals surface area contributed by atoms with Crippen LogP contribution in [0.3, 0.4) is 0 Å². The molecule has 132 valence electrons. The summed E-state index contributed by atoms with van der Waals surface area (Å²) in [7, 11) is -1.45. The van der Waals surface area contributed by atoms with Gasteiger partial charge in [-0.15, -0.1) is 5.54 Å². The number of halogens is 1. The van der Waals surface area contributed by atoms with E-state index in [1.165, 1.54) is 12.8 Å². The summed E-state index contributed by atoms with van der Waals surface area (Å²) in [5.74, 6) is 4.67. The summed E-state index contributed by atoms with van der Waals surface area (Å²) in [6, 6.07) is 0.439. The number of hydrogen-bond donors (Lipinski definition) is 1. The third kappa shape index (κ3) is 5.49. The standard InChI is InChI=1S/C19H30ClN3Si/c1-19(2,3)14-7-9-15(10-8-14)23-18-17(20)16(21-13-22-18)11-12-24(4,5)6/h13-15H,7-10H2,1-6H3,(H,21,22,23)/t14-,15+. The van der Waals surface area contributed by atoms with Gasteiger partial charge < -0.3 is 5.32 Å². The SMILES string of the molecule is CC(C)(C)[C@H]1CC[C@@H](Nc2ncnc(C#C[Si](C)(C)C)c2Cl)CC1. The van der Waals surface area contributed by atoms with Crippen molar-refractivity contribution in [2.24, 2.45) is 11.3 Å². The zero-order valence-corrected chi connectivity index (χ0v) is 17.6. The summed E-state index contributed by atoms with van der Waals surface area (Å²) < 4.78 is 0. The van der Waals surface area contributed by atoms with Crippen LogP contribution in [0, 0.1) is 22.8 Å². The van der Waals surface area contributed by atoms with Crippen molar-refractivity contribution in [1.29, 1.82) is 0 Å². The minimum Gasteiger partial charge on any atom is -0.366 e. The molecule has 1 N–H and O–H groups in total. The summed E-state index contributed by atoms with van der Waals surface area (Å²) in [6.45, 7) is 13.7. The summed E-state index contributed by atoms with van der Waals surface area (Å²) in [5.41, 5.74) is 4.36. The molecular weight excluding hydrogens is 334 g/mol. The molecule has 0 atom stereocenters. The van der Waals surface area contributed by atoms with E-state index in [0.29, 0.717) is 22.2 Å². The van der Waals surface area contributed by atoms with Gasteiger partial charge in [-0.3, -0.25) is 0 Å². The minimum atomic E-state index is -1.45. The van der Waals surface area contributed by atoms with Crippen LogP contribution in [0.2, 0.25) is 24.7 Å². The summed E-state index contributed by atoms with van der Waals surface area (Å²) in [4.78, 5) is 8.58. The summed E-state index contributed by atoms with van der Waals surface area (Å²) >= 11 is 6.48. The van der Waals surface area contributed by atoms with Crippen molar-refractivity contribution in [3.8, 4) is 11.5 Å². The van der Waals surface area contributed by atoms with Crippen LogP contribution in [0.5, 0.6) is 0 Å². The van der Waals surface area contributed by atoms with Gasteiger partial charge in [0.25, 0.3) is 0 Å². The van der Waals surface area contributed by atoms with Crippen molar-refractivity contribution in [3.63, 3.8) is 0 Å². The Bertz CT molecular complexity index is 627. The lowest BCUT2D eigenvalue weighted by molar-refractivity contribution is 0.173. The Morgan fingerprint density at radius 2 is 1.75 bits per heavy atom. The lowest BCUT2D eigenvalue weighted by Crippen LogP contribution is -2.31. The molecule has 0 aromatic carbocycles. The van der Waals surface area contributed by atoms with Gasteiger partial charge in [0.1, 0.15) is 30.9 Å². The number of anilines is 1. The molecule has 0 amide bonds. The van der Waals surface area contributed by atoms with E-state index in [1.807, 2.05) is 0 Å². The van der Waals surface area contributed by atoms with Crippen LogP contribution in [0.1, 0.15) is 52.1 Å². The first kappa shape index (κ1) is 19.3. The minimum absolute atomic E-state index is 0.400. The highest BCUT2D eigenvalue weighted by atomic mass is 35.5. The largest absolute Gasteiger partial charge is 0.366 e. The van der Waals surface area contributed by atoms with Crippen molar-refractivity contribution in [3.05, 3.63) is 17.0 Å². The number of nitrogens with one attached hydrogen (secondary N) is 1. The molecule has 0 unspecified atom stereocenters. The molecule has 1 aliphatic rings. The molecule has 0 saturated heterocycles. The highest BCUT2D eigenvalue weighted by Crippen LogP contribution is 2.38. The van der Waals surface area contributed by atoms with Gasteiger partial charge in [0.05, 0.1) is 0 Å². The smallest absolute Gasteiger partial charge is 0.149 e. The van der Waals surface area contributed by atoms with E-state index in [1.54, 1.807) is 6.33 Å². The average molecular weight is 364 g/mol. The van der Waals surface area contributed by atoms with Crippen LogP contribution in [-0.2, 0) is 0 Å². The molecule has 1 fully saturated rings. The molecule has 1 saturated carbocycles. The maximum atomic E-state index is 6.48. The third-order valence-corrected chi connectivity index (χ3v) is 5.87. The van der Waals surface area contributed by atoms with Gasteiger partial charge in [0, 0.05) is 6.04 Å². The van der Waals surface area contributed by atoms with Crippen molar-refractivity contribution in [2.75, 3.05) is 5.32 Å². The molecule has 0 radical (unpaired) electrons. The Morgan fingerprint density at radius 1 is 1.12 bits per heavy atom. The fourth-order valence-corrected chi connectivity index (χ4v) is 3.79. The first-order valence-electron chi connectivity index (χ1n) is 8.86. The zero-order chi connectivity index (χ0) is 18.0. The molecule has 24 heavy (non-hydrogen) atoms. The third-order valence-electron chi connectivity index (χ3n) is 4.64. The molecule has 1 aromatic heterocycles. The molecular formula is C19H30ClN3Si. The number of rotatable bonds is 2. The molecule has 2 rings (SSSR count). The fraction of sp³-hybridized carbons (Fsp3) is 0.684. The lowest BCUT2D eigenvalue weighted by Gasteiger charge is -2.37. The Labute approximate surface area is 153 Å².